The summed E-state index contributed by atoms with van der Waals surface area (Å²) in [5.74, 6) is 0. The van der Waals surface area contributed by atoms with Gasteiger partial charge in [-0.15, -0.1) is 0 Å². The molecule has 0 spiro atoms. The van der Waals surface area contributed by atoms with E-state index in [0.717, 1.165) is 18.4 Å². The molecule has 0 N–H and O–H groups in total. The number of aryl methyl sites for hydroxylation is 1. The molecule has 2 aromatic rings. The van der Waals surface area contributed by atoms with E-state index < -0.39 is 21.9 Å². The Morgan fingerprint density at radius 1 is 1.09 bits per heavy atom. The molecule has 0 aliphatic rings. The van der Waals surface area contributed by atoms with E-state index in [1.165, 1.54) is 12.1 Å². The third-order valence-corrected chi connectivity index (χ3v) is 3.68. The fourth-order valence-electron chi connectivity index (χ4n) is 1.90. The number of hydrogen-bond donors (Lipinski definition) is 0. The van der Waals surface area contributed by atoms with Crippen LogP contribution < -0.4 is 0 Å². The first-order chi connectivity index (χ1) is 10.6. The molecule has 0 radical (unpaired) electrons. The molecule has 8 heteroatoms. The van der Waals surface area contributed by atoms with Crippen molar-refractivity contribution in [3.63, 3.8) is 0 Å². The maximum atomic E-state index is 12.5. The van der Waals surface area contributed by atoms with E-state index in [-0.39, 0.29) is 6.61 Å². The zero-order valence-electron chi connectivity index (χ0n) is 12.4. The number of nitrogens with zero attached hydrogens (tertiary/aromatic N) is 1. The van der Waals surface area contributed by atoms with E-state index >= 15 is 0 Å². The van der Waals surface area contributed by atoms with Crippen molar-refractivity contribution in [3.05, 3.63) is 53.2 Å². The summed E-state index contributed by atoms with van der Waals surface area (Å²) < 4.78 is 64.3. The van der Waals surface area contributed by atoms with Crippen LogP contribution in [-0.4, -0.2) is 19.7 Å². The second-order valence-electron chi connectivity index (χ2n) is 4.98. The van der Waals surface area contributed by atoms with E-state index in [0.29, 0.717) is 22.5 Å². The Morgan fingerprint density at radius 2 is 1.70 bits per heavy atom. The van der Waals surface area contributed by atoms with Crippen LogP contribution in [0.4, 0.5) is 13.2 Å². The number of aromatic nitrogens is 1. The van der Waals surface area contributed by atoms with Gasteiger partial charge in [-0.1, -0.05) is 18.2 Å². The van der Waals surface area contributed by atoms with Crippen LogP contribution in [0, 0.1) is 6.92 Å². The SMILES string of the molecule is Cc1nc(-c2ccc(C(F)(F)F)cc2)ccc1COS(C)(=O)=O. The lowest BCUT2D eigenvalue weighted by Crippen LogP contribution is -2.05. The Kier molecular flexibility index (Phi) is 4.76. The van der Waals surface area contributed by atoms with Gasteiger partial charge in [0.1, 0.15) is 0 Å². The Hall–Kier alpha value is -1.93. The molecule has 0 saturated carbocycles. The largest absolute Gasteiger partial charge is 0.416 e. The van der Waals surface area contributed by atoms with Crippen molar-refractivity contribution >= 4 is 10.1 Å². The molecule has 1 aromatic heterocycles. The zero-order valence-corrected chi connectivity index (χ0v) is 13.2. The van der Waals surface area contributed by atoms with Gasteiger partial charge in [-0.3, -0.25) is 9.17 Å². The van der Waals surface area contributed by atoms with E-state index in [1.807, 2.05) is 0 Å². The van der Waals surface area contributed by atoms with Crippen molar-refractivity contribution < 1.29 is 25.8 Å². The van der Waals surface area contributed by atoms with Crippen molar-refractivity contribution in [2.75, 3.05) is 6.26 Å². The molecule has 0 fully saturated rings. The van der Waals surface area contributed by atoms with Gasteiger partial charge in [0.25, 0.3) is 10.1 Å². The average molecular weight is 345 g/mol. The van der Waals surface area contributed by atoms with Gasteiger partial charge in [-0.25, -0.2) is 0 Å². The van der Waals surface area contributed by atoms with Gasteiger partial charge < -0.3 is 0 Å². The van der Waals surface area contributed by atoms with Crippen LogP contribution in [0.5, 0.6) is 0 Å². The molecule has 0 unspecified atom stereocenters. The predicted molar refractivity (Wildman–Crippen MR) is 79.0 cm³/mol. The molecular weight excluding hydrogens is 331 g/mol. The minimum atomic E-state index is -4.38. The standard InChI is InChI=1S/C15H14F3NO3S/c1-10-12(9-22-23(2,20)21)5-8-14(19-10)11-3-6-13(7-4-11)15(16,17)18/h3-8H,9H2,1-2H3. The molecule has 4 nitrogen and oxygen atoms in total. The second kappa shape index (κ2) is 6.29. The summed E-state index contributed by atoms with van der Waals surface area (Å²) in [6.07, 6.45) is -3.43. The summed E-state index contributed by atoms with van der Waals surface area (Å²) in [5.41, 5.74) is 1.45. The molecule has 1 heterocycles. The Labute approximate surface area is 132 Å². The molecule has 1 aromatic carbocycles. The van der Waals surface area contributed by atoms with E-state index in [2.05, 4.69) is 4.98 Å². The summed E-state index contributed by atoms with van der Waals surface area (Å²) in [6, 6.07) is 7.92. The van der Waals surface area contributed by atoms with Gasteiger partial charge in [0, 0.05) is 16.8 Å². The van der Waals surface area contributed by atoms with Crippen LogP contribution in [0.15, 0.2) is 36.4 Å². The van der Waals surface area contributed by atoms with Crippen LogP contribution in [0.1, 0.15) is 16.8 Å². The first-order valence-electron chi connectivity index (χ1n) is 6.55. The first-order valence-corrected chi connectivity index (χ1v) is 8.36. The average Bonchev–Trinajstić information content (AvgIpc) is 2.44. The molecule has 0 aliphatic carbocycles. The van der Waals surface area contributed by atoms with Crippen LogP contribution >= 0.6 is 0 Å². The van der Waals surface area contributed by atoms with Crippen molar-refractivity contribution in [1.29, 1.82) is 0 Å². The lowest BCUT2D eigenvalue weighted by molar-refractivity contribution is -0.137. The van der Waals surface area contributed by atoms with Gasteiger partial charge in [0.05, 0.1) is 24.1 Å². The maximum absolute atomic E-state index is 12.5. The van der Waals surface area contributed by atoms with Crippen LogP contribution in [-0.2, 0) is 27.1 Å². The lowest BCUT2D eigenvalue weighted by atomic mass is 10.1. The predicted octanol–water partition coefficient (Wildman–Crippen LogP) is 3.55. The maximum Gasteiger partial charge on any atom is 0.416 e. The fraction of sp³-hybridized carbons (Fsp3) is 0.267. The number of hydrogen-bond acceptors (Lipinski definition) is 4. The number of rotatable bonds is 4. The van der Waals surface area contributed by atoms with E-state index in [1.54, 1.807) is 19.1 Å². The molecule has 0 atom stereocenters. The Morgan fingerprint density at radius 3 is 2.17 bits per heavy atom. The fourth-order valence-corrected chi connectivity index (χ4v) is 2.24. The van der Waals surface area contributed by atoms with Crippen molar-refractivity contribution in [3.8, 4) is 11.3 Å². The van der Waals surface area contributed by atoms with E-state index in [9.17, 15) is 21.6 Å². The number of halogens is 3. The molecular formula is C15H14F3NO3S. The highest BCUT2D eigenvalue weighted by atomic mass is 32.2. The number of alkyl halides is 3. The smallest absolute Gasteiger partial charge is 0.265 e. The summed E-state index contributed by atoms with van der Waals surface area (Å²) in [6.45, 7) is 1.54. The zero-order chi connectivity index (χ0) is 17.3. The molecule has 0 amide bonds. The summed E-state index contributed by atoms with van der Waals surface area (Å²) in [5, 5.41) is 0. The lowest BCUT2D eigenvalue weighted by Gasteiger charge is -2.09. The van der Waals surface area contributed by atoms with Crippen molar-refractivity contribution in [2.24, 2.45) is 0 Å². The Bertz CT molecular complexity index is 800. The first kappa shape index (κ1) is 17.4. The summed E-state index contributed by atoms with van der Waals surface area (Å²) >= 11 is 0. The van der Waals surface area contributed by atoms with Crippen LogP contribution in [0.3, 0.4) is 0 Å². The highest BCUT2D eigenvalue weighted by Gasteiger charge is 2.30. The highest BCUT2D eigenvalue weighted by molar-refractivity contribution is 7.85. The Balaban J connectivity index is 2.23. The molecule has 0 aliphatic heterocycles. The van der Waals surface area contributed by atoms with Crippen LogP contribution in [0.25, 0.3) is 11.3 Å². The van der Waals surface area contributed by atoms with Gasteiger partial charge in [-0.2, -0.15) is 21.6 Å². The van der Waals surface area contributed by atoms with Crippen LogP contribution in [0.2, 0.25) is 0 Å². The minimum absolute atomic E-state index is 0.134. The second-order valence-corrected chi connectivity index (χ2v) is 6.63. The monoisotopic (exact) mass is 345 g/mol. The molecule has 23 heavy (non-hydrogen) atoms. The highest BCUT2D eigenvalue weighted by Crippen LogP contribution is 2.30. The number of benzene rings is 1. The van der Waals surface area contributed by atoms with E-state index in [4.69, 9.17) is 4.18 Å². The quantitative estimate of drug-likeness (QED) is 0.795. The van der Waals surface area contributed by atoms with Gasteiger partial charge in [0.15, 0.2) is 0 Å². The molecule has 0 bridgehead atoms. The van der Waals surface area contributed by atoms with Gasteiger partial charge in [-0.05, 0) is 25.1 Å². The van der Waals surface area contributed by atoms with Crippen molar-refractivity contribution in [2.45, 2.75) is 19.7 Å². The third kappa shape index (κ3) is 4.77. The van der Waals surface area contributed by atoms with Crippen molar-refractivity contribution in [1.82, 2.24) is 4.98 Å². The minimum Gasteiger partial charge on any atom is -0.265 e. The molecule has 124 valence electrons. The normalized spacial score (nSPS) is 12.4. The molecule has 0 saturated heterocycles. The summed E-state index contributed by atoms with van der Waals surface area (Å²) in [7, 11) is -3.55. The number of pyridine rings is 1. The summed E-state index contributed by atoms with van der Waals surface area (Å²) in [4.78, 5) is 4.28. The van der Waals surface area contributed by atoms with Gasteiger partial charge in [0.2, 0.25) is 0 Å². The topological polar surface area (TPSA) is 56.3 Å². The third-order valence-electron chi connectivity index (χ3n) is 3.13. The van der Waals surface area contributed by atoms with Gasteiger partial charge >= 0.3 is 6.18 Å². The molecule has 2 rings (SSSR count).